The first kappa shape index (κ1) is 10.3. The van der Waals surface area contributed by atoms with E-state index in [4.69, 9.17) is 10.6 Å². The predicted octanol–water partition coefficient (Wildman–Crippen LogP) is 1.26. The lowest BCUT2D eigenvalue weighted by Crippen LogP contribution is -2.11. The molecule has 0 spiro atoms. The number of nitrogen functional groups attached to an aromatic ring is 1. The van der Waals surface area contributed by atoms with Gasteiger partial charge in [0.1, 0.15) is 5.75 Å². The third kappa shape index (κ3) is 2.43. The van der Waals surface area contributed by atoms with Gasteiger partial charge in [0.15, 0.2) is 0 Å². The van der Waals surface area contributed by atoms with Gasteiger partial charge in [-0.05, 0) is 19.1 Å². The van der Waals surface area contributed by atoms with Crippen molar-refractivity contribution in [3.63, 3.8) is 0 Å². The summed E-state index contributed by atoms with van der Waals surface area (Å²) in [5.41, 5.74) is 3.14. The van der Waals surface area contributed by atoms with E-state index in [9.17, 15) is 0 Å². The second-order valence-corrected chi connectivity index (χ2v) is 3.11. The highest BCUT2D eigenvalue weighted by Gasteiger charge is 2.03. The van der Waals surface area contributed by atoms with E-state index in [0.717, 1.165) is 5.69 Å². The molecule has 0 amide bonds. The van der Waals surface area contributed by atoms with Crippen LogP contribution in [0.4, 0.5) is 5.95 Å². The van der Waals surface area contributed by atoms with Gasteiger partial charge in [-0.15, -0.1) is 0 Å². The van der Waals surface area contributed by atoms with E-state index < -0.39 is 0 Å². The molecule has 0 aliphatic carbocycles. The summed E-state index contributed by atoms with van der Waals surface area (Å²) in [6, 6.07) is 5.29. The zero-order valence-electron chi connectivity index (χ0n) is 8.71. The van der Waals surface area contributed by atoms with Gasteiger partial charge in [0, 0.05) is 18.0 Å². The number of aryl methyl sites for hydroxylation is 1. The van der Waals surface area contributed by atoms with Crippen molar-refractivity contribution in [1.82, 2.24) is 15.0 Å². The number of hydrazine groups is 1. The molecule has 0 aliphatic rings. The molecule has 2 aromatic rings. The molecule has 2 heterocycles. The second kappa shape index (κ2) is 4.54. The fourth-order valence-electron chi connectivity index (χ4n) is 1.18. The standard InChI is InChI=1S/C10H11N5O/c1-7-5-9(14-10(13-7)15-11)16-8-3-2-4-12-6-8/h2-6H,11H2,1H3,(H,13,14,15). The third-order valence-corrected chi connectivity index (χ3v) is 1.82. The molecule has 6 heteroatoms. The zero-order valence-corrected chi connectivity index (χ0v) is 8.71. The molecule has 0 bridgehead atoms. The van der Waals surface area contributed by atoms with Crippen molar-refractivity contribution < 1.29 is 4.74 Å². The molecule has 0 aromatic carbocycles. The molecule has 16 heavy (non-hydrogen) atoms. The largest absolute Gasteiger partial charge is 0.437 e. The lowest BCUT2D eigenvalue weighted by Gasteiger charge is -2.06. The van der Waals surface area contributed by atoms with Gasteiger partial charge in [-0.2, -0.15) is 4.98 Å². The van der Waals surface area contributed by atoms with Gasteiger partial charge in [-0.3, -0.25) is 10.4 Å². The highest BCUT2D eigenvalue weighted by Crippen LogP contribution is 2.19. The molecule has 0 saturated heterocycles. The summed E-state index contributed by atoms with van der Waals surface area (Å²) >= 11 is 0. The van der Waals surface area contributed by atoms with Gasteiger partial charge in [-0.25, -0.2) is 10.8 Å². The fourth-order valence-corrected chi connectivity index (χ4v) is 1.18. The minimum Gasteiger partial charge on any atom is -0.437 e. The van der Waals surface area contributed by atoms with Gasteiger partial charge >= 0.3 is 0 Å². The van der Waals surface area contributed by atoms with Crippen LogP contribution in [0.15, 0.2) is 30.6 Å². The van der Waals surface area contributed by atoms with Crippen LogP contribution >= 0.6 is 0 Å². The minimum atomic E-state index is 0.318. The van der Waals surface area contributed by atoms with Crippen molar-refractivity contribution in [2.75, 3.05) is 5.43 Å². The van der Waals surface area contributed by atoms with E-state index in [1.165, 1.54) is 0 Å². The minimum absolute atomic E-state index is 0.318. The van der Waals surface area contributed by atoms with Crippen molar-refractivity contribution >= 4 is 5.95 Å². The molecule has 2 aromatic heterocycles. The topological polar surface area (TPSA) is 86.0 Å². The van der Waals surface area contributed by atoms with Crippen molar-refractivity contribution in [3.05, 3.63) is 36.3 Å². The summed E-state index contributed by atoms with van der Waals surface area (Å²) in [6.07, 6.45) is 3.28. The lowest BCUT2D eigenvalue weighted by molar-refractivity contribution is 0.459. The normalized spacial score (nSPS) is 9.88. The number of nitrogens with one attached hydrogen (secondary N) is 1. The highest BCUT2D eigenvalue weighted by molar-refractivity contribution is 5.31. The number of anilines is 1. The Morgan fingerprint density at radius 1 is 1.38 bits per heavy atom. The molecule has 3 N–H and O–H groups in total. The summed E-state index contributed by atoms with van der Waals surface area (Å²) in [7, 11) is 0. The maximum absolute atomic E-state index is 5.49. The first-order chi connectivity index (χ1) is 7.78. The van der Waals surface area contributed by atoms with E-state index in [0.29, 0.717) is 17.6 Å². The number of pyridine rings is 1. The SMILES string of the molecule is Cc1cc(Oc2cccnc2)nc(NN)n1. The Kier molecular flexibility index (Phi) is 2.93. The molecule has 2 rings (SSSR count). The summed E-state index contributed by atoms with van der Waals surface area (Å²) in [6.45, 7) is 1.83. The van der Waals surface area contributed by atoms with E-state index in [2.05, 4.69) is 20.4 Å². The van der Waals surface area contributed by atoms with Crippen LogP contribution < -0.4 is 16.0 Å². The first-order valence-corrected chi connectivity index (χ1v) is 4.68. The maximum Gasteiger partial charge on any atom is 0.240 e. The molecular formula is C10H11N5O. The smallest absolute Gasteiger partial charge is 0.240 e. The molecule has 82 valence electrons. The van der Waals surface area contributed by atoms with Crippen LogP contribution in [0.5, 0.6) is 11.6 Å². The lowest BCUT2D eigenvalue weighted by atomic mass is 10.4. The van der Waals surface area contributed by atoms with Gasteiger partial charge in [0.25, 0.3) is 0 Å². The number of aromatic nitrogens is 3. The Labute approximate surface area is 92.5 Å². The number of rotatable bonds is 3. The molecule has 0 atom stereocenters. The Balaban J connectivity index is 2.24. The second-order valence-electron chi connectivity index (χ2n) is 3.11. The quantitative estimate of drug-likeness (QED) is 0.594. The number of nitrogens with zero attached hydrogens (tertiary/aromatic N) is 3. The average Bonchev–Trinajstić information content (AvgIpc) is 2.29. The van der Waals surface area contributed by atoms with Crippen LogP contribution in [0.3, 0.4) is 0 Å². The molecule has 6 nitrogen and oxygen atoms in total. The summed E-state index contributed by atoms with van der Waals surface area (Å²) in [5.74, 6) is 6.60. The third-order valence-electron chi connectivity index (χ3n) is 1.82. The highest BCUT2D eigenvalue weighted by atomic mass is 16.5. The number of ether oxygens (including phenoxy) is 1. The Morgan fingerprint density at radius 2 is 2.25 bits per heavy atom. The van der Waals surface area contributed by atoms with Crippen LogP contribution in [0.25, 0.3) is 0 Å². The monoisotopic (exact) mass is 217 g/mol. The van der Waals surface area contributed by atoms with Crippen LogP contribution in [0.1, 0.15) is 5.69 Å². The van der Waals surface area contributed by atoms with Crippen LogP contribution in [0.2, 0.25) is 0 Å². The zero-order chi connectivity index (χ0) is 11.4. The number of hydrogen-bond donors (Lipinski definition) is 2. The first-order valence-electron chi connectivity index (χ1n) is 4.68. The van der Waals surface area contributed by atoms with Gasteiger partial charge in [0.2, 0.25) is 11.8 Å². The molecule has 0 unspecified atom stereocenters. The van der Waals surface area contributed by atoms with Gasteiger partial charge in [-0.1, -0.05) is 0 Å². The van der Waals surface area contributed by atoms with Gasteiger partial charge < -0.3 is 4.74 Å². The number of hydrogen-bond acceptors (Lipinski definition) is 6. The Bertz CT molecular complexity index is 474. The summed E-state index contributed by atoms with van der Waals surface area (Å²) in [4.78, 5) is 12.0. The van der Waals surface area contributed by atoms with Crippen molar-refractivity contribution in [3.8, 4) is 11.6 Å². The van der Waals surface area contributed by atoms with E-state index in [-0.39, 0.29) is 0 Å². The van der Waals surface area contributed by atoms with E-state index >= 15 is 0 Å². The Morgan fingerprint density at radius 3 is 2.94 bits per heavy atom. The maximum atomic E-state index is 5.49. The summed E-state index contributed by atoms with van der Waals surface area (Å²) in [5, 5.41) is 0. The van der Waals surface area contributed by atoms with Crippen molar-refractivity contribution in [2.24, 2.45) is 5.84 Å². The van der Waals surface area contributed by atoms with Crippen LogP contribution in [-0.2, 0) is 0 Å². The van der Waals surface area contributed by atoms with Gasteiger partial charge in [0.05, 0.1) is 6.20 Å². The van der Waals surface area contributed by atoms with E-state index in [1.807, 2.05) is 6.92 Å². The predicted molar refractivity (Wildman–Crippen MR) is 58.9 cm³/mol. The summed E-state index contributed by atoms with van der Waals surface area (Å²) < 4.78 is 5.49. The van der Waals surface area contributed by atoms with Crippen molar-refractivity contribution in [1.29, 1.82) is 0 Å². The Hall–Kier alpha value is -2.21. The van der Waals surface area contributed by atoms with Crippen molar-refractivity contribution in [2.45, 2.75) is 6.92 Å². The molecule has 0 saturated carbocycles. The van der Waals surface area contributed by atoms with Crippen LogP contribution in [0, 0.1) is 6.92 Å². The molecule has 0 radical (unpaired) electrons. The molecular weight excluding hydrogens is 206 g/mol. The van der Waals surface area contributed by atoms with Crippen LogP contribution in [-0.4, -0.2) is 15.0 Å². The number of nitrogens with two attached hydrogens (primary N) is 1. The van der Waals surface area contributed by atoms with E-state index in [1.54, 1.807) is 30.6 Å². The molecule has 0 aliphatic heterocycles. The fraction of sp³-hybridized carbons (Fsp3) is 0.100. The average molecular weight is 217 g/mol. The molecule has 0 fully saturated rings.